The molecule has 7 heteroatoms. The minimum absolute atomic E-state index is 0.0442. The first kappa shape index (κ1) is 21.1. The quantitative estimate of drug-likeness (QED) is 0.549. The van der Waals surface area contributed by atoms with Crippen molar-refractivity contribution in [3.05, 3.63) is 96.1 Å². The van der Waals surface area contributed by atoms with Gasteiger partial charge in [-0.05, 0) is 42.7 Å². The van der Waals surface area contributed by atoms with Gasteiger partial charge in [-0.3, -0.25) is 4.79 Å². The summed E-state index contributed by atoms with van der Waals surface area (Å²) >= 11 is 0. The molecule has 3 aromatic carbocycles. The highest BCUT2D eigenvalue weighted by atomic mass is 19.1. The number of carbonyl (C=O) groups is 2. The molecule has 1 unspecified atom stereocenters. The van der Waals surface area contributed by atoms with Crippen LogP contribution in [0.15, 0.2) is 78.9 Å². The Hall–Kier alpha value is -3.74. The van der Waals surface area contributed by atoms with Crippen molar-refractivity contribution in [1.29, 1.82) is 0 Å². The summed E-state index contributed by atoms with van der Waals surface area (Å²) in [5.41, 5.74) is 0.821. The summed E-state index contributed by atoms with van der Waals surface area (Å²) in [6.45, 7) is 0.638. The third kappa shape index (κ3) is 3.53. The van der Waals surface area contributed by atoms with Crippen LogP contribution in [0.5, 0.6) is 0 Å². The topological polar surface area (TPSA) is 52.7 Å². The summed E-state index contributed by atoms with van der Waals surface area (Å²) in [4.78, 5) is 29.5. The van der Waals surface area contributed by atoms with E-state index in [1.54, 1.807) is 0 Å². The van der Waals surface area contributed by atoms with Gasteiger partial charge in [-0.2, -0.15) is 0 Å². The van der Waals surface area contributed by atoms with Crippen LogP contribution in [-0.2, 0) is 4.79 Å². The van der Waals surface area contributed by atoms with Crippen LogP contribution in [0.4, 0.5) is 25.0 Å². The smallest absolute Gasteiger partial charge is 0.322 e. The van der Waals surface area contributed by atoms with E-state index in [0.29, 0.717) is 25.9 Å². The van der Waals surface area contributed by atoms with E-state index < -0.39 is 28.8 Å². The van der Waals surface area contributed by atoms with Gasteiger partial charge in [-0.1, -0.05) is 54.6 Å². The van der Waals surface area contributed by atoms with Crippen LogP contribution in [0, 0.1) is 17.0 Å². The summed E-state index contributed by atoms with van der Waals surface area (Å²) in [6, 6.07) is 22.2. The Labute approximate surface area is 190 Å². The fourth-order valence-corrected chi connectivity index (χ4v) is 5.01. The second-order valence-corrected chi connectivity index (χ2v) is 8.49. The minimum Gasteiger partial charge on any atom is -0.324 e. The van der Waals surface area contributed by atoms with Gasteiger partial charge in [0.05, 0.1) is 11.5 Å². The maximum atomic E-state index is 13.9. The van der Waals surface area contributed by atoms with Crippen LogP contribution < -0.4 is 10.2 Å². The molecule has 2 saturated heterocycles. The fourth-order valence-electron chi connectivity index (χ4n) is 5.01. The Morgan fingerprint density at radius 3 is 2.03 bits per heavy atom. The first-order chi connectivity index (χ1) is 16.0. The molecule has 5 rings (SSSR count). The molecule has 2 heterocycles. The third-order valence-electron chi connectivity index (χ3n) is 6.71. The number of para-hydroxylation sites is 2. The zero-order valence-electron chi connectivity index (χ0n) is 17.9. The molecule has 3 amide bonds. The molecule has 0 aromatic heterocycles. The van der Waals surface area contributed by atoms with Crippen LogP contribution in [0.25, 0.3) is 0 Å². The summed E-state index contributed by atoms with van der Waals surface area (Å²) < 4.78 is 27.9. The van der Waals surface area contributed by atoms with E-state index in [-0.39, 0.29) is 11.9 Å². The monoisotopic (exact) mass is 447 g/mol. The van der Waals surface area contributed by atoms with Gasteiger partial charge in [-0.25, -0.2) is 13.6 Å². The van der Waals surface area contributed by atoms with Crippen molar-refractivity contribution in [2.24, 2.45) is 5.41 Å². The number of halogens is 2. The molecule has 0 saturated carbocycles. The molecule has 2 aliphatic heterocycles. The molecule has 0 radical (unpaired) electrons. The van der Waals surface area contributed by atoms with E-state index in [2.05, 4.69) is 5.32 Å². The highest BCUT2D eigenvalue weighted by molar-refractivity contribution is 6.06. The van der Waals surface area contributed by atoms with Crippen molar-refractivity contribution >= 4 is 23.3 Å². The molecule has 2 aliphatic rings. The second kappa shape index (κ2) is 8.31. The Bertz CT molecular complexity index is 1160. The SMILES string of the molecule is O=C(Nc1c(F)cccc1F)N1CCC2(CC1)C(=O)N(c1ccccc1)C2c1ccccc1. The molecule has 5 nitrogen and oxygen atoms in total. The second-order valence-electron chi connectivity index (χ2n) is 8.49. The number of nitrogens with zero attached hydrogens (tertiary/aromatic N) is 2. The van der Waals surface area contributed by atoms with Crippen LogP contribution >= 0.6 is 0 Å². The van der Waals surface area contributed by atoms with Gasteiger partial charge in [0, 0.05) is 18.8 Å². The molecule has 33 heavy (non-hydrogen) atoms. The summed E-state index contributed by atoms with van der Waals surface area (Å²) in [5, 5.41) is 2.34. The molecule has 0 aliphatic carbocycles. The Morgan fingerprint density at radius 1 is 0.848 bits per heavy atom. The maximum absolute atomic E-state index is 13.9. The molecule has 2 fully saturated rings. The van der Waals surface area contributed by atoms with Crippen molar-refractivity contribution < 1.29 is 18.4 Å². The van der Waals surface area contributed by atoms with E-state index in [1.807, 2.05) is 65.6 Å². The first-order valence-corrected chi connectivity index (χ1v) is 10.9. The molecule has 1 spiro atoms. The number of benzene rings is 3. The molecular weight excluding hydrogens is 424 g/mol. The lowest BCUT2D eigenvalue weighted by Gasteiger charge is -2.59. The predicted octanol–water partition coefficient (Wildman–Crippen LogP) is 5.37. The van der Waals surface area contributed by atoms with Crippen molar-refractivity contribution in [2.45, 2.75) is 18.9 Å². The van der Waals surface area contributed by atoms with Gasteiger partial charge in [0.1, 0.15) is 17.3 Å². The van der Waals surface area contributed by atoms with E-state index >= 15 is 0 Å². The molecule has 1 N–H and O–H groups in total. The highest BCUT2D eigenvalue weighted by Gasteiger charge is 2.62. The van der Waals surface area contributed by atoms with Crippen molar-refractivity contribution in [1.82, 2.24) is 4.90 Å². The lowest BCUT2D eigenvalue weighted by molar-refractivity contribution is -0.144. The zero-order chi connectivity index (χ0) is 23.0. The van der Waals surface area contributed by atoms with E-state index in [4.69, 9.17) is 0 Å². The number of urea groups is 1. The number of β-lactam (4-membered cyclic amide) rings is 1. The number of nitrogens with one attached hydrogen (secondary N) is 1. The largest absolute Gasteiger partial charge is 0.324 e. The first-order valence-electron chi connectivity index (χ1n) is 10.9. The molecule has 168 valence electrons. The number of hydrogen-bond acceptors (Lipinski definition) is 2. The average Bonchev–Trinajstić information content (AvgIpc) is 2.85. The van der Waals surface area contributed by atoms with E-state index in [0.717, 1.165) is 23.4 Å². The van der Waals surface area contributed by atoms with Gasteiger partial charge < -0.3 is 15.1 Å². The number of piperidine rings is 1. The summed E-state index contributed by atoms with van der Waals surface area (Å²) in [5.74, 6) is -1.61. The molecule has 1 atom stereocenters. The van der Waals surface area contributed by atoms with E-state index in [9.17, 15) is 18.4 Å². The standard InChI is InChI=1S/C26H23F2N3O2/c27-20-12-7-13-21(28)22(20)29-25(33)30-16-14-26(15-17-30)23(18-8-3-1-4-9-18)31(24(26)32)19-10-5-2-6-11-19/h1-13,23H,14-17H2,(H,29,33). The predicted molar refractivity (Wildman–Crippen MR) is 122 cm³/mol. The highest BCUT2D eigenvalue weighted by Crippen LogP contribution is 2.57. The van der Waals surface area contributed by atoms with Crippen LogP contribution in [0.3, 0.4) is 0 Å². The Morgan fingerprint density at radius 2 is 1.42 bits per heavy atom. The van der Waals surface area contributed by atoms with Crippen molar-refractivity contribution in [3.8, 4) is 0 Å². The van der Waals surface area contributed by atoms with Crippen LogP contribution in [0.2, 0.25) is 0 Å². The van der Waals surface area contributed by atoms with Crippen molar-refractivity contribution in [3.63, 3.8) is 0 Å². The zero-order valence-corrected chi connectivity index (χ0v) is 17.9. The number of rotatable bonds is 3. The fraction of sp³-hybridized carbons (Fsp3) is 0.231. The number of carbonyl (C=O) groups excluding carboxylic acids is 2. The van der Waals surface area contributed by atoms with Crippen molar-refractivity contribution in [2.75, 3.05) is 23.3 Å². The minimum atomic E-state index is -0.825. The Balaban J connectivity index is 1.36. The lowest BCUT2D eigenvalue weighted by atomic mass is 9.62. The van der Waals surface area contributed by atoms with Crippen LogP contribution in [0.1, 0.15) is 24.4 Å². The summed E-state index contributed by atoms with van der Waals surface area (Å²) in [7, 11) is 0. The Kier molecular flexibility index (Phi) is 5.32. The maximum Gasteiger partial charge on any atom is 0.322 e. The molecular formula is C26H23F2N3O2. The van der Waals surface area contributed by atoms with Gasteiger partial charge in [0.2, 0.25) is 5.91 Å². The van der Waals surface area contributed by atoms with Gasteiger partial charge in [0.25, 0.3) is 0 Å². The van der Waals surface area contributed by atoms with Gasteiger partial charge >= 0.3 is 6.03 Å². The third-order valence-corrected chi connectivity index (χ3v) is 6.71. The normalized spacial score (nSPS) is 19.3. The lowest BCUT2D eigenvalue weighted by Crippen LogP contribution is -2.67. The molecule has 3 aromatic rings. The number of likely N-dealkylation sites (tertiary alicyclic amines) is 1. The van der Waals surface area contributed by atoms with Crippen LogP contribution in [-0.4, -0.2) is 29.9 Å². The van der Waals surface area contributed by atoms with E-state index in [1.165, 1.54) is 11.0 Å². The number of anilines is 2. The summed E-state index contributed by atoms with van der Waals surface area (Å²) in [6.07, 6.45) is 0.948. The average molecular weight is 447 g/mol. The van der Waals surface area contributed by atoms with Gasteiger partial charge in [-0.15, -0.1) is 0 Å². The number of amides is 3. The number of hydrogen-bond donors (Lipinski definition) is 1. The molecule has 0 bridgehead atoms. The van der Waals surface area contributed by atoms with Gasteiger partial charge in [0.15, 0.2) is 0 Å².